The third-order valence-corrected chi connectivity index (χ3v) is 5.41. The number of hydrogen-bond donors (Lipinski definition) is 0. The van der Waals surface area contributed by atoms with E-state index >= 15 is 0 Å². The first kappa shape index (κ1) is 17.6. The van der Waals surface area contributed by atoms with E-state index < -0.39 is 0 Å². The molecule has 2 aliphatic rings. The van der Waals surface area contributed by atoms with Gasteiger partial charge in [0.25, 0.3) is 0 Å². The second-order valence-electron chi connectivity index (χ2n) is 6.99. The summed E-state index contributed by atoms with van der Waals surface area (Å²) in [6.07, 6.45) is 1.59. The number of likely N-dealkylation sites (tertiary alicyclic amines) is 1. The molecule has 2 fully saturated rings. The topological polar surface area (TPSA) is 49.9 Å². The zero-order valence-electron chi connectivity index (χ0n) is 14.0. The summed E-state index contributed by atoms with van der Waals surface area (Å²) in [5, 5.41) is 0. The first-order valence-electron chi connectivity index (χ1n) is 8.15. The maximum Gasteiger partial charge on any atom is 0.232 e. The monoisotopic (exact) mass is 328 g/mol. The number of rotatable bonds is 3. The molecule has 0 atom stereocenters. The van der Waals surface area contributed by atoms with Gasteiger partial charge in [-0.25, -0.2) is 0 Å². The number of carbonyl (C=O) groups excluding carboxylic acids is 2. The number of carbonyl (C=O) groups is 2. The summed E-state index contributed by atoms with van der Waals surface area (Å²) < 4.78 is 5.40. The first-order valence-corrected chi connectivity index (χ1v) is 9.13. The van der Waals surface area contributed by atoms with Gasteiger partial charge in [-0.15, -0.1) is 11.8 Å². The smallest absolute Gasteiger partial charge is 0.232 e. The highest BCUT2D eigenvalue weighted by atomic mass is 32.2. The van der Waals surface area contributed by atoms with E-state index in [-0.39, 0.29) is 22.5 Å². The third kappa shape index (κ3) is 5.16. The molecule has 22 heavy (non-hydrogen) atoms. The molecule has 0 saturated carbocycles. The number of hydrogen-bond acceptors (Lipinski definition) is 4. The second-order valence-corrected chi connectivity index (χ2v) is 8.80. The average molecular weight is 328 g/mol. The highest BCUT2D eigenvalue weighted by Crippen LogP contribution is 2.25. The minimum Gasteiger partial charge on any atom is -0.378 e. The van der Waals surface area contributed by atoms with Crippen molar-refractivity contribution >= 4 is 23.6 Å². The lowest BCUT2D eigenvalue weighted by Crippen LogP contribution is -2.48. The molecule has 0 aromatic carbocycles. The van der Waals surface area contributed by atoms with E-state index in [1.54, 1.807) is 11.8 Å². The summed E-state index contributed by atoms with van der Waals surface area (Å²) in [5.41, 5.74) is 0. The molecule has 2 heterocycles. The Morgan fingerprint density at radius 1 is 1.05 bits per heavy atom. The van der Waals surface area contributed by atoms with Gasteiger partial charge in [-0.2, -0.15) is 0 Å². The molecule has 0 aromatic heterocycles. The van der Waals surface area contributed by atoms with E-state index in [0.29, 0.717) is 45.1 Å². The number of piperidine rings is 1. The van der Waals surface area contributed by atoms with E-state index in [1.165, 1.54) is 0 Å². The number of morpholine rings is 1. The normalized spacial score (nSPS) is 21.0. The molecule has 2 amide bonds. The molecule has 0 radical (unpaired) electrons. The van der Waals surface area contributed by atoms with E-state index in [9.17, 15) is 9.59 Å². The van der Waals surface area contributed by atoms with Crippen LogP contribution >= 0.6 is 11.8 Å². The van der Waals surface area contributed by atoms with E-state index in [0.717, 1.165) is 12.8 Å². The Morgan fingerprint density at radius 2 is 1.64 bits per heavy atom. The Hall–Kier alpha value is -0.750. The van der Waals surface area contributed by atoms with Crippen LogP contribution in [0, 0.1) is 5.92 Å². The van der Waals surface area contributed by atoms with Crippen molar-refractivity contribution in [2.24, 2.45) is 5.92 Å². The molecule has 0 unspecified atom stereocenters. The van der Waals surface area contributed by atoms with Gasteiger partial charge in [0.2, 0.25) is 11.8 Å². The van der Waals surface area contributed by atoms with Crippen LogP contribution in [0.25, 0.3) is 0 Å². The minimum atomic E-state index is 0.0809. The van der Waals surface area contributed by atoms with Crippen LogP contribution in [0.5, 0.6) is 0 Å². The highest BCUT2D eigenvalue weighted by molar-refractivity contribution is 8.01. The fourth-order valence-electron chi connectivity index (χ4n) is 2.79. The van der Waals surface area contributed by atoms with Gasteiger partial charge in [0, 0.05) is 36.8 Å². The molecule has 5 nitrogen and oxygen atoms in total. The zero-order valence-corrected chi connectivity index (χ0v) is 14.8. The van der Waals surface area contributed by atoms with Gasteiger partial charge in [-0.05, 0) is 12.8 Å². The maximum absolute atomic E-state index is 12.4. The van der Waals surface area contributed by atoms with E-state index in [4.69, 9.17) is 4.74 Å². The van der Waals surface area contributed by atoms with Gasteiger partial charge in [0.1, 0.15) is 0 Å². The molecule has 2 rings (SSSR count). The fraction of sp³-hybridized carbons (Fsp3) is 0.875. The summed E-state index contributed by atoms with van der Waals surface area (Å²) in [6.45, 7) is 10.5. The van der Waals surface area contributed by atoms with Crippen molar-refractivity contribution in [3.63, 3.8) is 0 Å². The standard InChI is InChI=1S/C16H28N2O3S/c1-16(2,3)22-12-14(19)17-6-4-13(5-7-17)15(20)18-8-10-21-11-9-18/h13H,4-12H2,1-3H3. The van der Waals surface area contributed by atoms with Gasteiger partial charge in [-0.1, -0.05) is 20.8 Å². The summed E-state index contributed by atoms with van der Waals surface area (Å²) in [7, 11) is 0. The Morgan fingerprint density at radius 3 is 2.18 bits per heavy atom. The van der Waals surface area contributed by atoms with Crippen LogP contribution in [0.1, 0.15) is 33.6 Å². The van der Waals surface area contributed by atoms with Crippen LogP contribution in [0.2, 0.25) is 0 Å². The Bertz CT molecular complexity index is 395. The van der Waals surface area contributed by atoms with Crippen molar-refractivity contribution < 1.29 is 14.3 Å². The lowest BCUT2D eigenvalue weighted by molar-refractivity contribution is -0.143. The van der Waals surface area contributed by atoms with Crippen LogP contribution in [-0.2, 0) is 14.3 Å². The first-order chi connectivity index (χ1) is 10.4. The van der Waals surface area contributed by atoms with Crippen LogP contribution < -0.4 is 0 Å². The molecule has 6 heteroatoms. The Balaban J connectivity index is 1.75. The summed E-state index contributed by atoms with van der Waals surface area (Å²) in [4.78, 5) is 28.5. The maximum atomic E-state index is 12.4. The molecule has 0 aliphatic carbocycles. The van der Waals surface area contributed by atoms with E-state index in [2.05, 4.69) is 20.8 Å². The predicted molar refractivity (Wildman–Crippen MR) is 88.9 cm³/mol. The second kappa shape index (κ2) is 7.68. The number of thioether (sulfide) groups is 1. The van der Waals surface area contributed by atoms with Crippen LogP contribution in [0.3, 0.4) is 0 Å². The lowest BCUT2D eigenvalue weighted by Gasteiger charge is -2.35. The molecule has 126 valence electrons. The molecule has 0 N–H and O–H groups in total. The minimum absolute atomic E-state index is 0.0809. The van der Waals surface area contributed by atoms with Crippen molar-refractivity contribution in [3.05, 3.63) is 0 Å². The number of nitrogens with zero attached hydrogens (tertiary/aromatic N) is 2. The van der Waals surface area contributed by atoms with Crippen LogP contribution in [0.15, 0.2) is 0 Å². The zero-order chi connectivity index (χ0) is 16.2. The molecule has 0 spiro atoms. The predicted octanol–water partition coefficient (Wildman–Crippen LogP) is 1.62. The van der Waals surface area contributed by atoms with Crippen LogP contribution in [0.4, 0.5) is 0 Å². The van der Waals surface area contributed by atoms with Crippen molar-refractivity contribution in [3.8, 4) is 0 Å². The van der Waals surface area contributed by atoms with Crippen molar-refractivity contribution in [1.82, 2.24) is 9.80 Å². The van der Waals surface area contributed by atoms with Gasteiger partial charge in [-0.3, -0.25) is 9.59 Å². The van der Waals surface area contributed by atoms with Gasteiger partial charge in [0.05, 0.1) is 19.0 Å². The number of amides is 2. The molecule has 2 aliphatic heterocycles. The summed E-state index contributed by atoms with van der Waals surface area (Å²) in [5.74, 6) is 1.07. The van der Waals surface area contributed by atoms with Gasteiger partial charge < -0.3 is 14.5 Å². The van der Waals surface area contributed by atoms with Gasteiger partial charge >= 0.3 is 0 Å². The fourth-order valence-corrected chi connectivity index (χ4v) is 3.53. The van der Waals surface area contributed by atoms with Crippen LogP contribution in [-0.4, -0.2) is 71.5 Å². The van der Waals surface area contributed by atoms with Crippen molar-refractivity contribution in [1.29, 1.82) is 0 Å². The molecule has 0 bridgehead atoms. The SMILES string of the molecule is CC(C)(C)SCC(=O)N1CCC(C(=O)N2CCOCC2)CC1. The lowest BCUT2D eigenvalue weighted by atomic mass is 9.95. The molecule has 0 aromatic rings. The largest absolute Gasteiger partial charge is 0.378 e. The molecule has 2 saturated heterocycles. The van der Waals surface area contributed by atoms with Crippen molar-refractivity contribution in [2.45, 2.75) is 38.4 Å². The van der Waals surface area contributed by atoms with E-state index in [1.807, 2.05) is 9.80 Å². The highest BCUT2D eigenvalue weighted by Gasteiger charge is 2.31. The Kier molecular flexibility index (Phi) is 6.15. The summed E-state index contributed by atoms with van der Waals surface area (Å²) in [6, 6.07) is 0. The quantitative estimate of drug-likeness (QED) is 0.790. The average Bonchev–Trinajstić information content (AvgIpc) is 2.52. The summed E-state index contributed by atoms with van der Waals surface area (Å²) >= 11 is 1.68. The molecular formula is C16H28N2O3S. The molecular weight excluding hydrogens is 300 g/mol. The number of ether oxygens (including phenoxy) is 1. The van der Waals surface area contributed by atoms with Crippen molar-refractivity contribution in [2.75, 3.05) is 45.1 Å². The van der Waals surface area contributed by atoms with Gasteiger partial charge in [0.15, 0.2) is 0 Å². The Labute approximate surface area is 137 Å². The third-order valence-electron chi connectivity index (χ3n) is 4.15.